The molecule has 2 aromatic heterocycles. The molecular weight excluding hydrogens is 404 g/mol. The molecule has 0 radical (unpaired) electrons. The van der Waals surface area contributed by atoms with E-state index in [1.165, 1.54) is 31.5 Å². The SMILES string of the molecule is CC(C)(O)c1nn2ccccc2c1CCN1CCCC1.O=C(CCc1ccccc1)NO. The number of carbonyl (C=O) groups excluding carboxylic acids is 1. The van der Waals surface area contributed by atoms with Crippen LogP contribution >= 0.6 is 0 Å². The zero-order valence-corrected chi connectivity index (χ0v) is 19.0. The van der Waals surface area contributed by atoms with Crippen LogP contribution in [0.5, 0.6) is 0 Å². The molecule has 3 heterocycles. The lowest BCUT2D eigenvalue weighted by atomic mass is 9.98. The van der Waals surface area contributed by atoms with Gasteiger partial charge in [0.1, 0.15) is 5.60 Å². The van der Waals surface area contributed by atoms with E-state index in [4.69, 9.17) is 5.21 Å². The van der Waals surface area contributed by atoms with Crippen LogP contribution in [0.2, 0.25) is 0 Å². The van der Waals surface area contributed by atoms with Crippen molar-refractivity contribution in [2.75, 3.05) is 19.6 Å². The molecule has 3 aromatic rings. The number of carbonyl (C=O) groups is 1. The maximum absolute atomic E-state index is 10.6. The van der Waals surface area contributed by atoms with Gasteiger partial charge in [0.2, 0.25) is 5.91 Å². The minimum atomic E-state index is -0.896. The van der Waals surface area contributed by atoms with Crippen molar-refractivity contribution in [3.63, 3.8) is 0 Å². The molecule has 1 fully saturated rings. The van der Waals surface area contributed by atoms with E-state index in [0.717, 1.165) is 29.7 Å². The first-order valence-electron chi connectivity index (χ1n) is 11.3. The highest BCUT2D eigenvalue weighted by atomic mass is 16.5. The zero-order chi connectivity index (χ0) is 23.0. The van der Waals surface area contributed by atoms with Gasteiger partial charge in [0.05, 0.1) is 11.2 Å². The average Bonchev–Trinajstić information content (AvgIpc) is 3.44. The maximum atomic E-state index is 10.6. The van der Waals surface area contributed by atoms with Crippen LogP contribution in [0.15, 0.2) is 54.7 Å². The van der Waals surface area contributed by atoms with Crippen molar-refractivity contribution in [3.05, 3.63) is 71.5 Å². The summed E-state index contributed by atoms with van der Waals surface area (Å²) >= 11 is 0. The highest BCUT2D eigenvalue weighted by Gasteiger charge is 2.26. The van der Waals surface area contributed by atoms with Gasteiger partial charge in [-0.3, -0.25) is 10.0 Å². The fourth-order valence-corrected chi connectivity index (χ4v) is 4.02. The number of rotatable bonds is 7. The summed E-state index contributed by atoms with van der Waals surface area (Å²) in [7, 11) is 0. The molecule has 0 atom stereocenters. The summed E-state index contributed by atoms with van der Waals surface area (Å²) in [6.45, 7) is 7.09. The van der Waals surface area contributed by atoms with Crippen LogP contribution < -0.4 is 5.48 Å². The Hall–Kier alpha value is -2.74. The Balaban J connectivity index is 0.000000207. The Bertz CT molecular complexity index is 989. The van der Waals surface area contributed by atoms with Crippen LogP contribution in [-0.4, -0.2) is 50.4 Å². The molecule has 1 saturated heterocycles. The number of nitrogens with zero attached hydrogens (tertiary/aromatic N) is 3. The molecule has 1 aliphatic rings. The van der Waals surface area contributed by atoms with Gasteiger partial charge in [0, 0.05) is 24.7 Å². The first-order valence-corrected chi connectivity index (χ1v) is 11.3. The fourth-order valence-electron chi connectivity index (χ4n) is 4.02. The lowest BCUT2D eigenvalue weighted by Crippen LogP contribution is -2.24. The van der Waals surface area contributed by atoms with Gasteiger partial charge in [-0.2, -0.15) is 5.10 Å². The number of amides is 1. The number of hydrogen-bond acceptors (Lipinski definition) is 5. The predicted molar refractivity (Wildman–Crippen MR) is 125 cm³/mol. The van der Waals surface area contributed by atoms with E-state index in [-0.39, 0.29) is 5.91 Å². The molecule has 1 aliphatic heterocycles. The number of benzene rings is 1. The van der Waals surface area contributed by atoms with Crippen LogP contribution in [0.3, 0.4) is 0 Å². The van der Waals surface area contributed by atoms with Crippen molar-refractivity contribution < 1.29 is 15.1 Å². The number of fused-ring (bicyclic) bond motifs is 1. The highest BCUT2D eigenvalue weighted by Crippen LogP contribution is 2.27. The second kappa shape index (κ2) is 11.2. The predicted octanol–water partition coefficient (Wildman–Crippen LogP) is 3.32. The van der Waals surface area contributed by atoms with Crippen molar-refractivity contribution in [1.82, 2.24) is 20.0 Å². The molecule has 7 heteroatoms. The van der Waals surface area contributed by atoms with E-state index in [0.29, 0.717) is 12.8 Å². The third-order valence-electron chi connectivity index (χ3n) is 5.71. The van der Waals surface area contributed by atoms with Crippen molar-refractivity contribution in [3.8, 4) is 0 Å². The van der Waals surface area contributed by atoms with Crippen LogP contribution in [0.4, 0.5) is 0 Å². The Morgan fingerprint density at radius 3 is 2.41 bits per heavy atom. The number of aromatic nitrogens is 2. The number of nitrogens with one attached hydrogen (secondary N) is 1. The second-order valence-electron chi connectivity index (χ2n) is 8.74. The summed E-state index contributed by atoms with van der Waals surface area (Å²) < 4.78 is 1.88. The van der Waals surface area contributed by atoms with Crippen LogP contribution in [0.1, 0.15) is 49.9 Å². The van der Waals surface area contributed by atoms with E-state index in [9.17, 15) is 9.90 Å². The van der Waals surface area contributed by atoms with E-state index in [1.807, 2.05) is 67.0 Å². The van der Waals surface area contributed by atoms with Gasteiger partial charge >= 0.3 is 0 Å². The van der Waals surface area contributed by atoms with Crippen molar-refractivity contribution in [1.29, 1.82) is 0 Å². The van der Waals surface area contributed by atoms with E-state index in [2.05, 4.69) is 16.1 Å². The summed E-state index contributed by atoms with van der Waals surface area (Å²) in [6, 6.07) is 15.8. The molecule has 0 aliphatic carbocycles. The van der Waals surface area contributed by atoms with Crippen LogP contribution in [-0.2, 0) is 23.2 Å². The molecule has 0 spiro atoms. The molecule has 1 amide bonds. The lowest BCUT2D eigenvalue weighted by molar-refractivity contribution is -0.129. The van der Waals surface area contributed by atoms with E-state index < -0.39 is 5.60 Å². The lowest BCUT2D eigenvalue weighted by Gasteiger charge is -2.18. The summed E-state index contributed by atoms with van der Waals surface area (Å²) in [5.74, 6) is -0.348. The largest absolute Gasteiger partial charge is 0.384 e. The van der Waals surface area contributed by atoms with Gasteiger partial charge in [-0.15, -0.1) is 0 Å². The van der Waals surface area contributed by atoms with Crippen molar-refractivity contribution in [2.45, 2.75) is 51.6 Å². The molecule has 172 valence electrons. The molecule has 4 rings (SSSR count). The zero-order valence-electron chi connectivity index (χ0n) is 19.0. The Morgan fingerprint density at radius 2 is 1.75 bits per heavy atom. The van der Waals surface area contributed by atoms with Gasteiger partial charge in [-0.25, -0.2) is 10.00 Å². The molecule has 0 bridgehead atoms. The van der Waals surface area contributed by atoms with Gasteiger partial charge in [-0.05, 0) is 70.3 Å². The minimum Gasteiger partial charge on any atom is -0.384 e. The monoisotopic (exact) mass is 438 g/mol. The standard InChI is InChI=1S/C16H23N3O.C9H11NO2/c1-16(2,20)15-13(8-12-18-9-5-6-10-18)14-7-3-4-11-19(14)17-15;11-9(10-12)7-6-8-4-2-1-3-5-8/h3-4,7,11,20H,5-6,8-10,12H2,1-2H3;1-5,12H,6-7H2,(H,10,11). The third kappa shape index (κ3) is 6.63. The van der Waals surface area contributed by atoms with Crippen molar-refractivity contribution >= 4 is 11.4 Å². The molecular formula is C25H34N4O3. The second-order valence-corrected chi connectivity index (χ2v) is 8.74. The van der Waals surface area contributed by atoms with Crippen LogP contribution in [0.25, 0.3) is 5.52 Å². The summed E-state index contributed by atoms with van der Waals surface area (Å²) in [5, 5.41) is 23.2. The minimum absolute atomic E-state index is 0.320. The van der Waals surface area contributed by atoms with Gasteiger partial charge in [0.25, 0.3) is 0 Å². The Labute approximate surface area is 189 Å². The molecule has 3 N–H and O–H groups in total. The smallest absolute Gasteiger partial charge is 0.243 e. The summed E-state index contributed by atoms with van der Waals surface area (Å²) in [5.41, 5.74) is 4.91. The summed E-state index contributed by atoms with van der Waals surface area (Å²) in [6.07, 6.45) is 6.50. The quantitative estimate of drug-likeness (QED) is 0.389. The maximum Gasteiger partial charge on any atom is 0.243 e. The molecule has 0 saturated carbocycles. The number of pyridine rings is 1. The Kier molecular flexibility index (Phi) is 8.39. The fraction of sp³-hybridized carbons (Fsp3) is 0.440. The average molecular weight is 439 g/mol. The third-order valence-corrected chi connectivity index (χ3v) is 5.71. The van der Waals surface area contributed by atoms with Gasteiger partial charge < -0.3 is 10.0 Å². The molecule has 0 unspecified atom stereocenters. The number of likely N-dealkylation sites (tertiary alicyclic amines) is 1. The Morgan fingerprint density at radius 1 is 1.06 bits per heavy atom. The number of aryl methyl sites for hydroxylation is 1. The number of hydrogen-bond donors (Lipinski definition) is 3. The number of hydroxylamine groups is 1. The van der Waals surface area contributed by atoms with Gasteiger partial charge in [-0.1, -0.05) is 36.4 Å². The topological polar surface area (TPSA) is 90.1 Å². The molecule has 7 nitrogen and oxygen atoms in total. The van der Waals surface area contributed by atoms with Gasteiger partial charge in [0.15, 0.2) is 0 Å². The molecule has 32 heavy (non-hydrogen) atoms. The number of aliphatic hydroxyl groups is 1. The first kappa shape index (κ1) is 23.9. The molecule has 1 aromatic carbocycles. The van der Waals surface area contributed by atoms with E-state index in [1.54, 1.807) is 5.48 Å². The van der Waals surface area contributed by atoms with E-state index >= 15 is 0 Å². The highest BCUT2D eigenvalue weighted by molar-refractivity contribution is 5.74. The summed E-state index contributed by atoms with van der Waals surface area (Å²) in [4.78, 5) is 13.1. The first-order chi connectivity index (χ1) is 15.4. The van der Waals surface area contributed by atoms with Crippen LogP contribution in [0, 0.1) is 0 Å². The van der Waals surface area contributed by atoms with Crippen molar-refractivity contribution in [2.24, 2.45) is 0 Å². The normalized spacial score (nSPS) is 14.2.